The second-order valence-electron chi connectivity index (χ2n) is 7.02. The highest BCUT2D eigenvalue weighted by Gasteiger charge is 2.24. The van der Waals surface area contributed by atoms with Crippen molar-refractivity contribution in [3.8, 4) is 0 Å². The molecule has 1 heterocycles. The van der Waals surface area contributed by atoms with E-state index in [1.165, 1.54) is 10.9 Å². The van der Waals surface area contributed by atoms with E-state index in [2.05, 4.69) is 23.6 Å². The first-order chi connectivity index (χ1) is 11.5. The Hall–Kier alpha value is -1.82. The lowest BCUT2D eigenvalue weighted by Gasteiger charge is -2.22. The first kappa shape index (κ1) is 17.0. The van der Waals surface area contributed by atoms with Crippen molar-refractivity contribution in [3.63, 3.8) is 0 Å². The van der Waals surface area contributed by atoms with Crippen LogP contribution in [-0.2, 0) is 11.2 Å². The van der Waals surface area contributed by atoms with Crippen LogP contribution in [-0.4, -0.2) is 35.0 Å². The van der Waals surface area contributed by atoms with Gasteiger partial charge in [0.15, 0.2) is 0 Å². The summed E-state index contributed by atoms with van der Waals surface area (Å²) >= 11 is 0. The summed E-state index contributed by atoms with van der Waals surface area (Å²) in [6, 6.07) is 14.3. The van der Waals surface area contributed by atoms with Gasteiger partial charge in [-0.15, -0.1) is 0 Å². The van der Waals surface area contributed by atoms with Gasteiger partial charge in [0.1, 0.15) is 0 Å². The van der Waals surface area contributed by atoms with Crippen molar-refractivity contribution < 1.29 is 14.8 Å². The van der Waals surface area contributed by atoms with Crippen LogP contribution < -0.4 is 5.46 Å². The van der Waals surface area contributed by atoms with Crippen molar-refractivity contribution in [3.05, 3.63) is 42.5 Å². The van der Waals surface area contributed by atoms with E-state index in [1.807, 2.05) is 44.2 Å². The third-order valence-corrected chi connectivity index (χ3v) is 4.46. The Bertz CT molecular complexity index is 856. The molecule has 0 fully saturated rings. The van der Waals surface area contributed by atoms with Crippen molar-refractivity contribution in [2.75, 3.05) is 13.2 Å². The van der Waals surface area contributed by atoms with Gasteiger partial charge in [-0.1, -0.05) is 44.2 Å². The van der Waals surface area contributed by atoms with E-state index < -0.39 is 7.12 Å². The molecule has 0 aliphatic heterocycles. The number of aryl methyl sites for hydroxylation is 1. The van der Waals surface area contributed by atoms with Crippen molar-refractivity contribution in [1.82, 2.24) is 4.57 Å². The molecule has 0 aliphatic rings. The average Bonchev–Trinajstić information content (AvgIpc) is 2.92. The predicted octanol–water partition coefficient (Wildman–Crippen LogP) is 2.54. The van der Waals surface area contributed by atoms with E-state index >= 15 is 0 Å². The molecule has 0 bridgehead atoms. The first-order valence-electron chi connectivity index (χ1n) is 8.38. The van der Waals surface area contributed by atoms with Crippen molar-refractivity contribution in [1.29, 1.82) is 0 Å². The quantitative estimate of drug-likeness (QED) is 0.685. The Balaban J connectivity index is 1.98. The Morgan fingerprint density at radius 2 is 1.79 bits per heavy atom. The lowest BCUT2D eigenvalue weighted by Crippen LogP contribution is -2.37. The van der Waals surface area contributed by atoms with Gasteiger partial charge in [-0.25, -0.2) is 0 Å². The molecule has 0 amide bonds. The van der Waals surface area contributed by atoms with Crippen LogP contribution in [0.4, 0.5) is 0 Å². The summed E-state index contributed by atoms with van der Waals surface area (Å²) in [6.07, 6.45) is 0. The number of aliphatic hydroxyl groups is 1. The van der Waals surface area contributed by atoms with Crippen LogP contribution in [0.1, 0.15) is 20.8 Å². The number of benzene rings is 2. The largest absolute Gasteiger partial charge is 0.491 e. The van der Waals surface area contributed by atoms with Crippen molar-refractivity contribution >= 4 is 34.4 Å². The third kappa shape index (κ3) is 3.07. The zero-order valence-corrected chi connectivity index (χ0v) is 14.5. The van der Waals surface area contributed by atoms with Gasteiger partial charge in [-0.2, -0.15) is 0 Å². The van der Waals surface area contributed by atoms with Gasteiger partial charge in [-0.3, -0.25) is 0 Å². The molecule has 24 heavy (non-hydrogen) atoms. The second-order valence-corrected chi connectivity index (χ2v) is 7.02. The Labute approximate surface area is 142 Å². The van der Waals surface area contributed by atoms with Crippen LogP contribution in [0.25, 0.3) is 21.8 Å². The van der Waals surface area contributed by atoms with E-state index in [4.69, 9.17) is 4.65 Å². The van der Waals surface area contributed by atoms with E-state index in [0.29, 0.717) is 6.61 Å². The van der Waals surface area contributed by atoms with Gasteiger partial charge >= 0.3 is 7.12 Å². The number of para-hydroxylation sites is 1. The maximum Gasteiger partial charge on any atom is 0.491 e. The molecule has 5 heteroatoms. The minimum atomic E-state index is -0.996. The lowest BCUT2D eigenvalue weighted by molar-refractivity contribution is 0.0886. The SMILES string of the molecule is CCn1c2ccccc2c2cc(B(O)OCC(C)(C)CO)ccc21. The van der Waals surface area contributed by atoms with E-state index in [0.717, 1.165) is 22.9 Å². The smallest absolute Gasteiger partial charge is 0.423 e. The van der Waals surface area contributed by atoms with Gasteiger partial charge in [0.2, 0.25) is 0 Å². The topological polar surface area (TPSA) is 54.6 Å². The van der Waals surface area contributed by atoms with E-state index in [-0.39, 0.29) is 12.0 Å². The van der Waals surface area contributed by atoms with E-state index in [1.54, 1.807) is 0 Å². The zero-order chi connectivity index (χ0) is 17.3. The molecule has 2 N–H and O–H groups in total. The molecule has 3 rings (SSSR count). The molecule has 0 atom stereocenters. The minimum absolute atomic E-state index is 0.0166. The summed E-state index contributed by atoms with van der Waals surface area (Å²) in [4.78, 5) is 0. The number of hydrogen-bond acceptors (Lipinski definition) is 3. The molecule has 1 aromatic heterocycles. The van der Waals surface area contributed by atoms with Gasteiger partial charge in [0, 0.05) is 40.4 Å². The molecule has 0 aliphatic carbocycles. The molecular formula is C19H24BNO3. The van der Waals surface area contributed by atoms with Crippen LogP contribution in [0.5, 0.6) is 0 Å². The van der Waals surface area contributed by atoms with Crippen LogP contribution in [0.15, 0.2) is 42.5 Å². The van der Waals surface area contributed by atoms with Crippen molar-refractivity contribution in [2.45, 2.75) is 27.3 Å². The normalized spacial score (nSPS) is 12.2. The fourth-order valence-corrected chi connectivity index (χ4v) is 3.01. The monoisotopic (exact) mass is 325 g/mol. The van der Waals surface area contributed by atoms with Crippen LogP contribution in [0.2, 0.25) is 0 Å². The number of nitrogens with zero attached hydrogens (tertiary/aromatic N) is 1. The molecule has 2 aromatic carbocycles. The molecule has 0 spiro atoms. The third-order valence-electron chi connectivity index (χ3n) is 4.46. The molecule has 0 radical (unpaired) electrons. The summed E-state index contributed by atoms with van der Waals surface area (Å²) in [6.45, 7) is 7.14. The molecule has 3 aromatic rings. The maximum atomic E-state index is 10.4. The molecule has 0 unspecified atom stereocenters. The molecule has 126 valence electrons. The van der Waals surface area contributed by atoms with Gasteiger partial charge in [0.25, 0.3) is 0 Å². The maximum absolute atomic E-state index is 10.4. The summed E-state index contributed by atoms with van der Waals surface area (Å²) in [7, 11) is -0.996. The number of hydrogen-bond donors (Lipinski definition) is 2. The number of aliphatic hydroxyl groups excluding tert-OH is 1. The predicted molar refractivity (Wildman–Crippen MR) is 99.5 cm³/mol. The summed E-state index contributed by atoms with van der Waals surface area (Å²) in [5.41, 5.74) is 2.72. The van der Waals surface area contributed by atoms with Gasteiger partial charge in [-0.05, 0) is 24.5 Å². The van der Waals surface area contributed by atoms with Gasteiger partial charge in [0.05, 0.1) is 6.61 Å². The fourth-order valence-electron chi connectivity index (χ4n) is 3.01. The summed E-state index contributed by atoms with van der Waals surface area (Å²) in [5, 5.41) is 22.0. The highest BCUT2D eigenvalue weighted by Crippen LogP contribution is 2.28. The molecular weight excluding hydrogens is 301 g/mol. The van der Waals surface area contributed by atoms with Crippen LogP contribution >= 0.6 is 0 Å². The minimum Gasteiger partial charge on any atom is -0.423 e. The zero-order valence-electron chi connectivity index (χ0n) is 14.5. The highest BCUT2D eigenvalue weighted by molar-refractivity contribution is 6.60. The Morgan fingerprint density at radius 1 is 1.08 bits per heavy atom. The first-order valence-corrected chi connectivity index (χ1v) is 8.38. The standard InChI is InChI=1S/C19H24BNO3/c1-4-21-17-8-6-5-7-15(17)16-11-14(9-10-18(16)21)20(23)24-13-19(2,3)12-22/h5-11,22-23H,4,12-13H2,1-3H3. The lowest BCUT2D eigenvalue weighted by atomic mass is 9.78. The van der Waals surface area contributed by atoms with Crippen molar-refractivity contribution in [2.24, 2.45) is 5.41 Å². The average molecular weight is 325 g/mol. The number of rotatable bonds is 6. The van der Waals surface area contributed by atoms with Crippen LogP contribution in [0, 0.1) is 5.41 Å². The molecule has 0 saturated heterocycles. The Kier molecular flexibility index (Phi) is 4.68. The second kappa shape index (κ2) is 6.59. The van der Waals surface area contributed by atoms with E-state index in [9.17, 15) is 10.1 Å². The summed E-state index contributed by atoms with van der Waals surface area (Å²) < 4.78 is 7.84. The Morgan fingerprint density at radius 3 is 2.50 bits per heavy atom. The van der Waals surface area contributed by atoms with Crippen LogP contribution in [0.3, 0.4) is 0 Å². The number of aromatic nitrogens is 1. The molecule has 0 saturated carbocycles. The van der Waals surface area contributed by atoms with Gasteiger partial charge < -0.3 is 19.4 Å². The number of fused-ring (bicyclic) bond motifs is 3. The molecule has 4 nitrogen and oxygen atoms in total. The highest BCUT2D eigenvalue weighted by atomic mass is 16.5. The summed E-state index contributed by atoms with van der Waals surface area (Å²) in [5.74, 6) is 0. The fraction of sp³-hybridized carbons (Fsp3) is 0.368.